The van der Waals surface area contributed by atoms with Crippen LogP contribution < -0.4 is 16.2 Å². The summed E-state index contributed by atoms with van der Waals surface area (Å²) in [5.41, 5.74) is 6.61. The maximum atomic E-state index is 12.3. The van der Waals surface area contributed by atoms with Crippen molar-refractivity contribution >= 4 is 11.8 Å². The zero-order valence-corrected chi connectivity index (χ0v) is 13.2. The molecule has 0 radical (unpaired) electrons. The third kappa shape index (κ3) is 3.22. The van der Waals surface area contributed by atoms with Gasteiger partial charge in [-0.1, -0.05) is 12.1 Å². The number of anilines is 1. The standard InChI is InChI=1S/C14H25N7O/c1-3-21-9-12(17-19-21)16-14(22)20-6-4-11(5-7-20)13-10(2)8-15-18-13/h9-11,13,15,18H,3-8H2,1-2H3,(H,16,22). The van der Waals surface area contributed by atoms with Gasteiger partial charge < -0.3 is 4.90 Å². The predicted octanol–water partition coefficient (Wildman–Crippen LogP) is 0.654. The Morgan fingerprint density at radius 2 is 2.23 bits per heavy atom. The summed E-state index contributed by atoms with van der Waals surface area (Å²) in [7, 11) is 0. The third-order valence-corrected chi connectivity index (χ3v) is 4.74. The number of amides is 2. The van der Waals surface area contributed by atoms with E-state index in [4.69, 9.17) is 0 Å². The SMILES string of the molecule is CCn1cc(NC(=O)N2CCC(C3NNCC3C)CC2)nn1. The van der Waals surface area contributed by atoms with Crippen LogP contribution >= 0.6 is 0 Å². The van der Waals surface area contributed by atoms with Crippen LogP contribution in [0.5, 0.6) is 0 Å². The van der Waals surface area contributed by atoms with Gasteiger partial charge in [0.2, 0.25) is 0 Å². The van der Waals surface area contributed by atoms with E-state index < -0.39 is 0 Å². The second-order valence-corrected chi connectivity index (χ2v) is 6.24. The lowest BCUT2D eigenvalue weighted by Crippen LogP contribution is -2.47. The van der Waals surface area contributed by atoms with Crippen LogP contribution in [0.3, 0.4) is 0 Å². The van der Waals surface area contributed by atoms with Gasteiger partial charge in [-0.25, -0.2) is 4.79 Å². The summed E-state index contributed by atoms with van der Waals surface area (Å²) in [6.45, 7) is 7.62. The third-order valence-electron chi connectivity index (χ3n) is 4.74. The van der Waals surface area contributed by atoms with Crippen molar-refractivity contribution in [1.29, 1.82) is 0 Å². The van der Waals surface area contributed by atoms with Crippen LogP contribution in [0.25, 0.3) is 0 Å². The maximum Gasteiger partial charge on any atom is 0.323 e. The molecule has 2 saturated heterocycles. The van der Waals surface area contributed by atoms with Gasteiger partial charge >= 0.3 is 6.03 Å². The molecule has 1 aromatic heterocycles. The van der Waals surface area contributed by atoms with Crippen molar-refractivity contribution < 1.29 is 4.79 Å². The topological polar surface area (TPSA) is 87.1 Å². The Balaban J connectivity index is 1.49. The number of urea groups is 1. The first-order valence-corrected chi connectivity index (χ1v) is 8.11. The fraction of sp³-hybridized carbons (Fsp3) is 0.786. The molecule has 0 spiro atoms. The van der Waals surface area contributed by atoms with Crippen molar-refractivity contribution in [2.75, 3.05) is 25.0 Å². The van der Waals surface area contributed by atoms with Crippen molar-refractivity contribution in [2.24, 2.45) is 11.8 Å². The number of aryl methyl sites for hydroxylation is 1. The van der Waals surface area contributed by atoms with E-state index in [1.54, 1.807) is 10.9 Å². The van der Waals surface area contributed by atoms with Crippen molar-refractivity contribution in [2.45, 2.75) is 39.3 Å². The molecule has 2 fully saturated rings. The van der Waals surface area contributed by atoms with Gasteiger partial charge in [0, 0.05) is 32.2 Å². The molecule has 2 amide bonds. The summed E-state index contributed by atoms with van der Waals surface area (Å²) in [5.74, 6) is 1.80. The van der Waals surface area contributed by atoms with E-state index in [1.165, 1.54) is 0 Å². The number of likely N-dealkylation sites (tertiary alicyclic amines) is 1. The van der Waals surface area contributed by atoms with E-state index in [9.17, 15) is 4.79 Å². The number of hydrogen-bond acceptors (Lipinski definition) is 5. The van der Waals surface area contributed by atoms with E-state index in [0.29, 0.717) is 23.7 Å². The molecule has 1 aromatic rings. The molecule has 2 atom stereocenters. The highest BCUT2D eigenvalue weighted by atomic mass is 16.2. The summed E-state index contributed by atoms with van der Waals surface area (Å²) in [6.07, 6.45) is 3.83. The Kier molecular flexibility index (Phi) is 4.58. The van der Waals surface area contributed by atoms with E-state index in [-0.39, 0.29) is 6.03 Å². The monoisotopic (exact) mass is 307 g/mol. The molecule has 2 aliphatic heterocycles. The van der Waals surface area contributed by atoms with Gasteiger partial charge in [0.25, 0.3) is 0 Å². The Labute approximate surface area is 130 Å². The van der Waals surface area contributed by atoms with Gasteiger partial charge in [-0.3, -0.25) is 20.9 Å². The number of carbonyl (C=O) groups is 1. The van der Waals surface area contributed by atoms with Crippen molar-refractivity contribution in [3.8, 4) is 0 Å². The zero-order chi connectivity index (χ0) is 15.5. The minimum absolute atomic E-state index is 0.0767. The molecule has 0 aromatic carbocycles. The fourth-order valence-electron chi connectivity index (χ4n) is 3.35. The van der Waals surface area contributed by atoms with E-state index >= 15 is 0 Å². The molecule has 3 rings (SSSR count). The molecule has 122 valence electrons. The second kappa shape index (κ2) is 6.62. The van der Waals surface area contributed by atoms with Gasteiger partial charge in [0.1, 0.15) is 0 Å². The van der Waals surface area contributed by atoms with Crippen LogP contribution in [0.1, 0.15) is 26.7 Å². The van der Waals surface area contributed by atoms with Crippen LogP contribution in [0, 0.1) is 11.8 Å². The molecule has 0 bridgehead atoms. The Bertz CT molecular complexity index is 509. The molecule has 22 heavy (non-hydrogen) atoms. The van der Waals surface area contributed by atoms with Gasteiger partial charge in [0.15, 0.2) is 5.82 Å². The van der Waals surface area contributed by atoms with Crippen molar-refractivity contribution in [1.82, 2.24) is 30.7 Å². The molecule has 3 N–H and O–H groups in total. The smallest absolute Gasteiger partial charge is 0.323 e. The molecule has 0 saturated carbocycles. The molecule has 8 nitrogen and oxygen atoms in total. The number of hydrazine groups is 1. The van der Waals surface area contributed by atoms with Crippen LogP contribution in [0.4, 0.5) is 10.6 Å². The molecular formula is C14H25N7O. The number of rotatable bonds is 3. The molecular weight excluding hydrogens is 282 g/mol. The number of nitrogens with one attached hydrogen (secondary N) is 3. The number of nitrogens with zero attached hydrogens (tertiary/aromatic N) is 4. The Hall–Kier alpha value is -1.67. The number of aromatic nitrogens is 3. The normalized spacial score (nSPS) is 26.4. The minimum atomic E-state index is -0.0767. The second-order valence-electron chi connectivity index (χ2n) is 6.24. The fourth-order valence-corrected chi connectivity index (χ4v) is 3.35. The number of piperidine rings is 1. The molecule has 8 heteroatoms. The summed E-state index contributed by atoms with van der Waals surface area (Å²) >= 11 is 0. The van der Waals surface area contributed by atoms with Gasteiger partial charge in [-0.05, 0) is 31.6 Å². The van der Waals surface area contributed by atoms with E-state index in [2.05, 4.69) is 33.4 Å². The largest absolute Gasteiger partial charge is 0.324 e. The van der Waals surface area contributed by atoms with Crippen LogP contribution in [-0.2, 0) is 6.54 Å². The lowest BCUT2D eigenvalue weighted by Gasteiger charge is -2.35. The van der Waals surface area contributed by atoms with Crippen LogP contribution in [0.15, 0.2) is 6.20 Å². The maximum absolute atomic E-state index is 12.3. The summed E-state index contributed by atoms with van der Waals surface area (Å²) in [5, 5.41) is 10.7. The number of hydrogen-bond donors (Lipinski definition) is 3. The molecule has 2 unspecified atom stereocenters. The Morgan fingerprint density at radius 1 is 1.45 bits per heavy atom. The summed E-state index contributed by atoms with van der Waals surface area (Å²) in [6, 6.07) is 0.446. The number of carbonyl (C=O) groups excluding carboxylic acids is 1. The van der Waals surface area contributed by atoms with Gasteiger partial charge in [-0.2, -0.15) is 0 Å². The first-order valence-electron chi connectivity index (χ1n) is 8.11. The van der Waals surface area contributed by atoms with Gasteiger partial charge in [0.05, 0.1) is 6.20 Å². The summed E-state index contributed by atoms with van der Waals surface area (Å²) in [4.78, 5) is 14.1. The minimum Gasteiger partial charge on any atom is -0.324 e. The van der Waals surface area contributed by atoms with Crippen LogP contribution in [-0.4, -0.2) is 51.6 Å². The highest BCUT2D eigenvalue weighted by molar-refractivity contribution is 5.88. The molecule has 0 aliphatic carbocycles. The van der Waals surface area contributed by atoms with Crippen molar-refractivity contribution in [3.05, 3.63) is 6.20 Å². The highest BCUT2D eigenvalue weighted by Gasteiger charge is 2.33. The van der Waals surface area contributed by atoms with E-state index in [1.807, 2.05) is 11.8 Å². The first-order chi connectivity index (χ1) is 10.7. The lowest BCUT2D eigenvalue weighted by molar-refractivity contribution is 0.162. The quantitative estimate of drug-likeness (QED) is 0.763. The van der Waals surface area contributed by atoms with Crippen molar-refractivity contribution in [3.63, 3.8) is 0 Å². The van der Waals surface area contributed by atoms with Gasteiger partial charge in [-0.15, -0.1) is 5.10 Å². The highest BCUT2D eigenvalue weighted by Crippen LogP contribution is 2.26. The molecule has 3 heterocycles. The van der Waals surface area contributed by atoms with E-state index in [0.717, 1.165) is 39.0 Å². The Morgan fingerprint density at radius 3 is 2.82 bits per heavy atom. The average molecular weight is 307 g/mol. The molecule has 2 aliphatic rings. The zero-order valence-electron chi connectivity index (χ0n) is 13.2. The lowest BCUT2D eigenvalue weighted by atomic mass is 9.84. The van der Waals surface area contributed by atoms with Crippen LogP contribution in [0.2, 0.25) is 0 Å². The summed E-state index contributed by atoms with van der Waals surface area (Å²) < 4.78 is 1.70. The first kappa shape index (κ1) is 15.2. The predicted molar refractivity (Wildman–Crippen MR) is 83.1 cm³/mol. The average Bonchev–Trinajstić information content (AvgIpc) is 3.16.